The summed E-state index contributed by atoms with van der Waals surface area (Å²) in [5, 5.41) is 9.71. The number of aryl methyl sites for hydroxylation is 1. The topological polar surface area (TPSA) is 37.3 Å². The Balaban J connectivity index is 2.45. The highest BCUT2D eigenvalue weighted by atomic mass is 16.3. The van der Waals surface area contributed by atoms with Gasteiger partial charge >= 0.3 is 0 Å². The molecule has 0 aliphatic carbocycles. The van der Waals surface area contributed by atoms with Gasteiger partial charge in [-0.3, -0.25) is 4.79 Å². The molecule has 0 atom stereocenters. The predicted octanol–water partition coefficient (Wildman–Crippen LogP) is 2.65. The fourth-order valence-electron chi connectivity index (χ4n) is 1.75. The summed E-state index contributed by atoms with van der Waals surface area (Å²) in [5.74, 6) is -0.152. The first-order valence-corrected chi connectivity index (χ1v) is 5.54. The Labute approximate surface area is 100 Å². The molecule has 1 N–H and O–H groups in total. The van der Waals surface area contributed by atoms with Crippen LogP contribution in [-0.2, 0) is 6.42 Å². The Morgan fingerprint density at radius 2 is 1.71 bits per heavy atom. The van der Waals surface area contributed by atoms with Gasteiger partial charge in [0.25, 0.3) is 0 Å². The first-order valence-electron chi connectivity index (χ1n) is 5.54. The molecule has 0 heterocycles. The van der Waals surface area contributed by atoms with Gasteiger partial charge in [0.05, 0.1) is 0 Å². The minimum Gasteiger partial charge on any atom is -0.504 e. The molecule has 0 spiro atoms. The van der Waals surface area contributed by atoms with Crippen LogP contribution in [0.15, 0.2) is 53.3 Å². The molecule has 86 valence electrons. The molecule has 2 aromatic rings. The Hall–Kier alpha value is -2.09. The molecule has 0 saturated carbocycles. The van der Waals surface area contributed by atoms with E-state index in [1.54, 1.807) is 25.1 Å². The molecule has 2 nitrogen and oxygen atoms in total. The SMILES string of the molecule is Cc1cccc(Cc2ccccc2)c(=O)c1O. The molecular formula is C15H14O2. The summed E-state index contributed by atoms with van der Waals surface area (Å²) in [5.41, 5.74) is 2.00. The van der Waals surface area contributed by atoms with E-state index in [-0.39, 0.29) is 11.2 Å². The minimum atomic E-state index is -0.281. The van der Waals surface area contributed by atoms with Gasteiger partial charge in [-0.1, -0.05) is 48.5 Å². The van der Waals surface area contributed by atoms with Gasteiger partial charge < -0.3 is 5.11 Å². The van der Waals surface area contributed by atoms with Crippen molar-refractivity contribution in [3.63, 3.8) is 0 Å². The normalized spacial score (nSPS) is 10.2. The molecule has 0 fully saturated rings. The molecule has 2 heteroatoms. The van der Waals surface area contributed by atoms with E-state index in [0.717, 1.165) is 5.56 Å². The van der Waals surface area contributed by atoms with Crippen LogP contribution in [0.2, 0.25) is 0 Å². The lowest BCUT2D eigenvalue weighted by molar-refractivity contribution is 0.466. The second-order valence-corrected chi connectivity index (χ2v) is 4.07. The molecule has 0 saturated heterocycles. The molecule has 0 bridgehead atoms. The van der Waals surface area contributed by atoms with Crippen LogP contribution in [0.3, 0.4) is 0 Å². The maximum Gasteiger partial charge on any atom is 0.223 e. The fraction of sp³-hybridized carbons (Fsp3) is 0.133. The van der Waals surface area contributed by atoms with Gasteiger partial charge in [-0.2, -0.15) is 0 Å². The predicted molar refractivity (Wildman–Crippen MR) is 68.4 cm³/mol. The zero-order valence-corrected chi connectivity index (χ0v) is 9.68. The van der Waals surface area contributed by atoms with Gasteiger partial charge in [-0.05, 0) is 18.1 Å². The largest absolute Gasteiger partial charge is 0.504 e. The van der Waals surface area contributed by atoms with E-state index in [4.69, 9.17) is 0 Å². The lowest BCUT2D eigenvalue weighted by atomic mass is 10.1. The van der Waals surface area contributed by atoms with E-state index >= 15 is 0 Å². The van der Waals surface area contributed by atoms with Crippen molar-refractivity contribution in [1.82, 2.24) is 0 Å². The van der Waals surface area contributed by atoms with Crippen LogP contribution < -0.4 is 5.43 Å². The highest BCUT2D eigenvalue weighted by molar-refractivity contribution is 5.35. The lowest BCUT2D eigenvalue weighted by Crippen LogP contribution is -2.06. The average Bonchev–Trinajstić information content (AvgIpc) is 2.46. The molecule has 0 unspecified atom stereocenters. The van der Waals surface area contributed by atoms with Crippen LogP contribution in [0.5, 0.6) is 5.75 Å². The molecule has 0 aliphatic rings. The van der Waals surface area contributed by atoms with Gasteiger partial charge in [-0.25, -0.2) is 0 Å². The molecule has 0 aliphatic heterocycles. The second kappa shape index (κ2) is 4.83. The summed E-state index contributed by atoms with van der Waals surface area (Å²) >= 11 is 0. The van der Waals surface area contributed by atoms with Crippen molar-refractivity contribution >= 4 is 0 Å². The maximum atomic E-state index is 11.9. The van der Waals surface area contributed by atoms with Crippen LogP contribution in [0.4, 0.5) is 0 Å². The van der Waals surface area contributed by atoms with Crippen molar-refractivity contribution in [2.24, 2.45) is 0 Å². The van der Waals surface area contributed by atoms with Crippen molar-refractivity contribution in [2.45, 2.75) is 13.3 Å². The second-order valence-electron chi connectivity index (χ2n) is 4.07. The Bertz CT molecular complexity index is 574. The number of hydrogen-bond donors (Lipinski definition) is 1. The zero-order valence-electron chi connectivity index (χ0n) is 9.68. The van der Waals surface area contributed by atoms with Crippen molar-refractivity contribution in [2.75, 3.05) is 0 Å². The summed E-state index contributed by atoms with van der Waals surface area (Å²) in [6.07, 6.45) is 0.543. The Morgan fingerprint density at radius 1 is 1.00 bits per heavy atom. The van der Waals surface area contributed by atoms with Gasteiger partial charge in [0, 0.05) is 12.0 Å². The quantitative estimate of drug-likeness (QED) is 0.854. The molecule has 0 radical (unpaired) electrons. The van der Waals surface area contributed by atoms with E-state index in [2.05, 4.69) is 0 Å². The van der Waals surface area contributed by atoms with Gasteiger partial charge in [0.1, 0.15) is 0 Å². The Kier molecular flexibility index (Phi) is 3.24. The molecule has 2 rings (SSSR count). The third kappa shape index (κ3) is 2.53. The standard InChI is InChI=1S/C15H14O2/c1-11-6-5-9-13(15(17)14(11)16)10-12-7-3-2-4-8-12/h2-9H,10H2,1H3,(H,16,17). The summed E-state index contributed by atoms with van der Waals surface area (Å²) in [4.78, 5) is 11.9. The summed E-state index contributed by atoms with van der Waals surface area (Å²) in [6.45, 7) is 1.73. The van der Waals surface area contributed by atoms with E-state index in [1.165, 1.54) is 0 Å². The molecule has 2 aromatic carbocycles. The Morgan fingerprint density at radius 3 is 2.41 bits per heavy atom. The van der Waals surface area contributed by atoms with Crippen LogP contribution >= 0.6 is 0 Å². The third-order valence-corrected chi connectivity index (χ3v) is 2.76. The van der Waals surface area contributed by atoms with Crippen LogP contribution in [0.25, 0.3) is 0 Å². The van der Waals surface area contributed by atoms with Crippen molar-refractivity contribution in [3.8, 4) is 5.75 Å². The van der Waals surface area contributed by atoms with Gasteiger partial charge in [0.2, 0.25) is 5.43 Å². The molecule has 17 heavy (non-hydrogen) atoms. The van der Waals surface area contributed by atoms with Crippen LogP contribution in [0, 0.1) is 6.92 Å². The van der Waals surface area contributed by atoms with Crippen LogP contribution in [-0.4, -0.2) is 5.11 Å². The van der Waals surface area contributed by atoms with Crippen LogP contribution in [0.1, 0.15) is 16.7 Å². The fourth-order valence-corrected chi connectivity index (χ4v) is 1.75. The summed E-state index contributed by atoms with van der Waals surface area (Å²) in [6, 6.07) is 15.1. The maximum absolute atomic E-state index is 11.9. The molecule has 0 aromatic heterocycles. The number of aromatic hydroxyl groups is 1. The highest BCUT2D eigenvalue weighted by Crippen LogP contribution is 2.11. The van der Waals surface area contributed by atoms with E-state index in [0.29, 0.717) is 17.5 Å². The van der Waals surface area contributed by atoms with Crippen molar-refractivity contribution in [1.29, 1.82) is 0 Å². The monoisotopic (exact) mass is 226 g/mol. The van der Waals surface area contributed by atoms with E-state index in [9.17, 15) is 9.90 Å². The average molecular weight is 226 g/mol. The van der Waals surface area contributed by atoms with Crippen molar-refractivity contribution in [3.05, 3.63) is 75.4 Å². The number of benzene rings is 1. The first-order chi connectivity index (χ1) is 8.18. The first kappa shape index (κ1) is 11.4. The van der Waals surface area contributed by atoms with Gasteiger partial charge in [-0.15, -0.1) is 0 Å². The van der Waals surface area contributed by atoms with E-state index in [1.807, 2.05) is 30.3 Å². The third-order valence-electron chi connectivity index (χ3n) is 2.76. The zero-order chi connectivity index (χ0) is 12.3. The highest BCUT2D eigenvalue weighted by Gasteiger charge is 2.05. The van der Waals surface area contributed by atoms with Gasteiger partial charge in [0.15, 0.2) is 5.75 Å². The smallest absolute Gasteiger partial charge is 0.223 e. The molecule has 0 amide bonds. The number of rotatable bonds is 2. The number of hydrogen-bond acceptors (Lipinski definition) is 2. The summed E-state index contributed by atoms with van der Waals surface area (Å²) < 4.78 is 0. The van der Waals surface area contributed by atoms with Crippen molar-refractivity contribution < 1.29 is 5.11 Å². The lowest BCUT2D eigenvalue weighted by Gasteiger charge is -1.98. The molecular weight excluding hydrogens is 212 g/mol. The minimum absolute atomic E-state index is 0.152. The summed E-state index contributed by atoms with van der Waals surface area (Å²) in [7, 11) is 0. The van der Waals surface area contributed by atoms with E-state index < -0.39 is 0 Å².